The van der Waals surface area contributed by atoms with Gasteiger partial charge in [0, 0.05) is 72.2 Å². The first-order valence-electron chi connectivity index (χ1n) is 23.9. The molecule has 0 fully saturated rings. The van der Waals surface area contributed by atoms with Crippen LogP contribution in [0.15, 0.2) is 200 Å². The van der Waals surface area contributed by atoms with Crippen molar-refractivity contribution in [2.24, 2.45) is 0 Å². The number of rotatable bonds is 10. The van der Waals surface area contributed by atoms with Crippen LogP contribution in [0.5, 0.6) is 11.5 Å². The molecular formula is C64H55N4OPt-3. The van der Waals surface area contributed by atoms with E-state index in [1.54, 1.807) is 0 Å². The van der Waals surface area contributed by atoms with Gasteiger partial charge in [-0.05, 0) is 92.2 Å². The summed E-state index contributed by atoms with van der Waals surface area (Å²) < 4.78 is 8.98. The molecule has 11 rings (SSSR count). The summed E-state index contributed by atoms with van der Waals surface area (Å²) in [4.78, 5) is 9.53. The zero-order valence-corrected chi connectivity index (χ0v) is 42.9. The van der Waals surface area contributed by atoms with Gasteiger partial charge in [0.2, 0.25) is 0 Å². The van der Waals surface area contributed by atoms with Crippen molar-refractivity contribution in [1.82, 2.24) is 9.55 Å². The average molecular weight is 1090 g/mol. The third-order valence-corrected chi connectivity index (χ3v) is 14.1. The first kappa shape index (κ1) is 46.5. The molecule has 0 bridgehead atoms. The Morgan fingerprint density at radius 3 is 1.77 bits per heavy atom. The van der Waals surface area contributed by atoms with Crippen molar-refractivity contribution in [1.29, 1.82) is 0 Å². The minimum absolute atomic E-state index is 0. The molecule has 3 heterocycles. The van der Waals surface area contributed by atoms with Crippen LogP contribution in [-0.2, 0) is 37.3 Å². The van der Waals surface area contributed by atoms with Crippen LogP contribution >= 0.6 is 0 Å². The van der Waals surface area contributed by atoms with Gasteiger partial charge in [-0.2, -0.15) is 12.1 Å². The maximum Gasteiger partial charge on any atom is 0.135 e. The van der Waals surface area contributed by atoms with E-state index in [0.717, 1.165) is 55.9 Å². The SMILES string of the molecule is CC(C)(C)c1cc(N2[CH-]N(c3[c-]c(Oc4[c-]c5c(cc4)c4cc(-c6ccccc6)ccc4n5-c4cc(C(C)(C)c5ccccc5)ccn4)ccc3)c3ccccc32)cc(C(C)(C)c2ccccc2)c1.[Pt]. The number of aromatic nitrogens is 2. The van der Waals surface area contributed by atoms with Crippen molar-refractivity contribution in [2.45, 2.75) is 64.7 Å². The van der Waals surface area contributed by atoms with E-state index in [1.807, 2.05) is 24.4 Å². The van der Waals surface area contributed by atoms with Crippen molar-refractivity contribution in [3.05, 3.63) is 247 Å². The number of para-hydroxylation sites is 2. The fraction of sp³-hybridized carbons (Fsp3) is 0.156. The average Bonchev–Trinajstić information content (AvgIpc) is 3.93. The Hall–Kier alpha value is -7.20. The largest absolute Gasteiger partial charge is 0.509 e. The molecule has 70 heavy (non-hydrogen) atoms. The summed E-state index contributed by atoms with van der Waals surface area (Å²) in [7, 11) is 0. The third-order valence-electron chi connectivity index (χ3n) is 14.1. The Morgan fingerprint density at radius 2 is 1.09 bits per heavy atom. The van der Waals surface area contributed by atoms with E-state index in [0.29, 0.717) is 11.5 Å². The molecular weight excluding hydrogens is 1040 g/mol. The number of hydrogen-bond acceptors (Lipinski definition) is 4. The minimum Gasteiger partial charge on any atom is -0.509 e. The van der Waals surface area contributed by atoms with Crippen molar-refractivity contribution >= 4 is 44.6 Å². The van der Waals surface area contributed by atoms with Crippen LogP contribution in [0, 0.1) is 18.8 Å². The molecule has 10 aromatic rings. The number of pyridine rings is 1. The Labute approximate surface area is 427 Å². The topological polar surface area (TPSA) is 33.5 Å². The third kappa shape index (κ3) is 8.51. The summed E-state index contributed by atoms with van der Waals surface area (Å²) >= 11 is 0. The smallest absolute Gasteiger partial charge is 0.135 e. The van der Waals surface area contributed by atoms with Gasteiger partial charge in [0.15, 0.2) is 0 Å². The first-order chi connectivity index (χ1) is 33.3. The molecule has 0 amide bonds. The van der Waals surface area contributed by atoms with Crippen molar-refractivity contribution in [3.8, 4) is 28.4 Å². The van der Waals surface area contributed by atoms with Gasteiger partial charge in [0.1, 0.15) is 5.82 Å². The van der Waals surface area contributed by atoms with Crippen molar-refractivity contribution in [3.63, 3.8) is 0 Å². The fourth-order valence-electron chi connectivity index (χ4n) is 9.81. The van der Waals surface area contributed by atoms with Crippen LogP contribution in [0.3, 0.4) is 0 Å². The minimum atomic E-state index is -0.250. The van der Waals surface area contributed by atoms with E-state index in [2.05, 4.69) is 258 Å². The predicted molar refractivity (Wildman–Crippen MR) is 286 cm³/mol. The van der Waals surface area contributed by atoms with E-state index in [4.69, 9.17) is 9.72 Å². The Balaban J connectivity index is 0.00000567. The molecule has 350 valence electrons. The molecule has 1 aliphatic rings. The molecule has 0 saturated heterocycles. The Bertz CT molecular complexity index is 3500. The summed E-state index contributed by atoms with van der Waals surface area (Å²) in [6.07, 6.45) is 1.92. The number of hydrogen-bond donors (Lipinski definition) is 0. The van der Waals surface area contributed by atoms with Crippen LogP contribution in [0.4, 0.5) is 22.7 Å². The monoisotopic (exact) mass is 1090 g/mol. The number of benzene rings is 8. The van der Waals surface area contributed by atoms with Crippen LogP contribution in [0.1, 0.15) is 76.3 Å². The van der Waals surface area contributed by atoms with E-state index in [9.17, 15) is 0 Å². The fourth-order valence-corrected chi connectivity index (χ4v) is 9.81. The molecule has 0 radical (unpaired) electrons. The number of ether oxygens (including phenoxy) is 1. The van der Waals surface area contributed by atoms with E-state index >= 15 is 0 Å². The van der Waals surface area contributed by atoms with Crippen LogP contribution in [-0.4, -0.2) is 9.55 Å². The molecule has 0 unspecified atom stereocenters. The summed E-state index contributed by atoms with van der Waals surface area (Å²) in [6.45, 7) is 18.2. The molecule has 0 spiro atoms. The Morgan fingerprint density at radius 1 is 0.471 bits per heavy atom. The standard InChI is InChI=1S/C64H55N4O.Pt/c1-62(2,3)49-37-50(64(6,7)47-24-15-10-16-25-47)39-52(38-49)67-43-66(58-28-17-18-29-59(58)67)51-26-19-27-53(41-51)69-54-31-32-55-56-36-45(44-20-11-8-12-21-44)30-33-57(56)68(60(55)42-54)61-40-48(34-35-65-61)63(4,5)46-22-13-9-14-23-46;/h8-40,43H,1-7H3;/q-3;. The van der Waals surface area contributed by atoms with E-state index < -0.39 is 0 Å². The second-order valence-electron chi connectivity index (χ2n) is 20.3. The Kier molecular flexibility index (Phi) is 12.1. The molecule has 5 nitrogen and oxygen atoms in total. The first-order valence-corrected chi connectivity index (χ1v) is 23.9. The van der Waals surface area contributed by atoms with Gasteiger partial charge in [0.25, 0.3) is 0 Å². The summed E-state index contributed by atoms with van der Waals surface area (Å²) in [5.74, 6) is 2.00. The quantitative estimate of drug-likeness (QED) is 0.128. The molecule has 0 atom stereocenters. The van der Waals surface area contributed by atoms with Gasteiger partial charge < -0.3 is 19.1 Å². The number of anilines is 4. The number of fused-ring (bicyclic) bond motifs is 4. The van der Waals surface area contributed by atoms with Crippen LogP contribution < -0.4 is 14.5 Å². The molecule has 2 aromatic heterocycles. The molecule has 0 aliphatic carbocycles. The summed E-state index contributed by atoms with van der Waals surface area (Å²) in [6, 6.07) is 76.3. The predicted octanol–water partition coefficient (Wildman–Crippen LogP) is 16.6. The van der Waals surface area contributed by atoms with Gasteiger partial charge in [0.05, 0.1) is 0 Å². The van der Waals surface area contributed by atoms with Crippen LogP contribution in [0.25, 0.3) is 38.8 Å². The maximum absolute atomic E-state index is 6.75. The van der Waals surface area contributed by atoms with Crippen molar-refractivity contribution in [2.75, 3.05) is 9.80 Å². The van der Waals surface area contributed by atoms with Gasteiger partial charge in [-0.25, -0.2) is 4.98 Å². The molecule has 1 aliphatic heterocycles. The van der Waals surface area contributed by atoms with Crippen molar-refractivity contribution < 1.29 is 25.8 Å². The number of nitrogens with zero attached hydrogens (tertiary/aromatic N) is 4. The molecule has 8 aromatic carbocycles. The summed E-state index contributed by atoms with van der Waals surface area (Å²) in [5, 5.41) is 2.19. The molecule has 6 heteroatoms. The van der Waals surface area contributed by atoms with E-state index in [1.165, 1.54) is 33.4 Å². The summed E-state index contributed by atoms with van der Waals surface area (Å²) in [5.41, 5.74) is 14.1. The van der Waals surface area contributed by atoms with Gasteiger partial charge in [-0.15, -0.1) is 48.1 Å². The van der Waals surface area contributed by atoms with E-state index in [-0.39, 0.29) is 37.3 Å². The molecule has 0 saturated carbocycles. The van der Waals surface area contributed by atoms with Gasteiger partial charge in [-0.1, -0.05) is 175 Å². The second-order valence-corrected chi connectivity index (χ2v) is 20.3. The van der Waals surface area contributed by atoms with Crippen LogP contribution in [0.2, 0.25) is 0 Å². The van der Waals surface area contributed by atoms with Gasteiger partial charge in [-0.3, -0.25) is 0 Å². The second kappa shape index (κ2) is 18.3. The zero-order valence-electron chi connectivity index (χ0n) is 40.6. The molecule has 0 N–H and O–H groups in total. The van der Waals surface area contributed by atoms with Gasteiger partial charge >= 0.3 is 0 Å². The maximum atomic E-state index is 6.75. The normalized spacial score (nSPS) is 12.8. The zero-order chi connectivity index (χ0) is 47.5.